The molecule has 0 spiro atoms. The van der Waals surface area contributed by atoms with Crippen LogP contribution in [-0.4, -0.2) is 24.2 Å². The van der Waals surface area contributed by atoms with E-state index in [9.17, 15) is 0 Å². The fourth-order valence-electron chi connectivity index (χ4n) is 2.38. The van der Waals surface area contributed by atoms with E-state index >= 15 is 0 Å². The van der Waals surface area contributed by atoms with E-state index in [0.29, 0.717) is 6.04 Å². The Kier molecular flexibility index (Phi) is 5.44. The molecule has 1 atom stereocenters. The van der Waals surface area contributed by atoms with Gasteiger partial charge in [-0.15, -0.1) is 0 Å². The number of hydrogen-bond donors (Lipinski definition) is 0. The number of methoxy groups -OCH3 is 1. The quantitative estimate of drug-likeness (QED) is 0.784. The van der Waals surface area contributed by atoms with Crippen LogP contribution in [0.3, 0.4) is 0 Å². The summed E-state index contributed by atoms with van der Waals surface area (Å²) in [5.74, 6) is 0. The van der Waals surface area contributed by atoms with Crippen LogP contribution in [0.1, 0.15) is 25.8 Å². The zero-order valence-corrected chi connectivity index (χ0v) is 13.9. The molecule has 1 aliphatic rings. The van der Waals surface area contributed by atoms with Crippen molar-refractivity contribution in [3.8, 4) is 0 Å². The van der Waals surface area contributed by atoms with Crippen molar-refractivity contribution >= 4 is 15.9 Å². The van der Waals surface area contributed by atoms with Gasteiger partial charge in [-0.1, -0.05) is 40.2 Å². The summed E-state index contributed by atoms with van der Waals surface area (Å²) >= 11 is 3.54. The number of halogens is 1. The van der Waals surface area contributed by atoms with E-state index in [0.717, 1.165) is 17.4 Å². The molecule has 0 aliphatic heterocycles. The van der Waals surface area contributed by atoms with Crippen molar-refractivity contribution in [2.45, 2.75) is 39.0 Å². The Bertz CT molecular complexity index is 507. The molecule has 0 N–H and O–H groups in total. The molecule has 0 bridgehead atoms. The van der Waals surface area contributed by atoms with Crippen molar-refractivity contribution in [2.75, 3.05) is 7.11 Å². The van der Waals surface area contributed by atoms with Crippen molar-refractivity contribution in [2.24, 2.45) is 0 Å². The summed E-state index contributed by atoms with van der Waals surface area (Å²) in [6, 6.07) is 8.96. The zero-order chi connectivity index (χ0) is 14.5. The number of nitrogens with zero attached hydrogens (tertiary/aromatic N) is 1. The minimum absolute atomic E-state index is 0.221. The van der Waals surface area contributed by atoms with Gasteiger partial charge in [0.25, 0.3) is 0 Å². The SMILES string of the molecule is COC1C=CC(N(Cc2cccc(Br)c2)C(C)C)=CC1. The lowest BCUT2D eigenvalue weighted by molar-refractivity contribution is 0.140. The van der Waals surface area contributed by atoms with E-state index in [-0.39, 0.29) is 6.10 Å². The second-order valence-corrected chi connectivity index (χ2v) is 6.27. The topological polar surface area (TPSA) is 12.5 Å². The summed E-state index contributed by atoms with van der Waals surface area (Å²) in [6.07, 6.45) is 7.76. The molecule has 0 fully saturated rings. The van der Waals surface area contributed by atoms with Crippen molar-refractivity contribution < 1.29 is 4.74 Å². The Morgan fingerprint density at radius 1 is 1.40 bits per heavy atom. The summed E-state index contributed by atoms with van der Waals surface area (Å²) < 4.78 is 6.49. The number of allylic oxidation sites excluding steroid dienone is 1. The molecule has 0 amide bonds. The first-order valence-electron chi connectivity index (χ1n) is 7.02. The maximum absolute atomic E-state index is 5.36. The highest BCUT2D eigenvalue weighted by Crippen LogP contribution is 2.22. The minimum atomic E-state index is 0.221. The maximum atomic E-state index is 5.36. The molecule has 1 aromatic carbocycles. The summed E-state index contributed by atoms with van der Waals surface area (Å²) in [6.45, 7) is 5.38. The van der Waals surface area contributed by atoms with Crippen LogP contribution in [-0.2, 0) is 11.3 Å². The van der Waals surface area contributed by atoms with Gasteiger partial charge in [-0.2, -0.15) is 0 Å². The highest BCUT2D eigenvalue weighted by atomic mass is 79.9. The van der Waals surface area contributed by atoms with Gasteiger partial charge in [-0.3, -0.25) is 0 Å². The van der Waals surface area contributed by atoms with Crippen LogP contribution in [0.15, 0.2) is 52.7 Å². The van der Waals surface area contributed by atoms with Gasteiger partial charge in [0.15, 0.2) is 0 Å². The van der Waals surface area contributed by atoms with Crippen molar-refractivity contribution in [1.82, 2.24) is 4.90 Å². The van der Waals surface area contributed by atoms with Gasteiger partial charge in [-0.25, -0.2) is 0 Å². The Labute approximate surface area is 130 Å². The molecule has 0 radical (unpaired) electrons. The van der Waals surface area contributed by atoms with Crippen LogP contribution in [0.5, 0.6) is 0 Å². The minimum Gasteiger partial charge on any atom is -0.377 e. The van der Waals surface area contributed by atoms with Crippen LogP contribution in [0.2, 0.25) is 0 Å². The van der Waals surface area contributed by atoms with Gasteiger partial charge >= 0.3 is 0 Å². The maximum Gasteiger partial charge on any atom is 0.0791 e. The van der Waals surface area contributed by atoms with E-state index in [1.54, 1.807) is 7.11 Å². The second-order valence-electron chi connectivity index (χ2n) is 5.35. The van der Waals surface area contributed by atoms with Crippen LogP contribution in [0.25, 0.3) is 0 Å². The molecule has 0 saturated heterocycles. The molecule has 108 valence electrons. The lowest BCUT2D eigenvalue weighted by Crippen LogP contribution is -2.30. The van der Waals surface area contributed by atoms with E-state index in [1.807, 2.05) is 0 Å². The molecule has 0 heterocycles. The molecule has 2 rings (SSSR count). The molecule has 1 aromatic rings. The Balaban J connectivity index is 2.13. The van der Waals surface area contributed by atoms with Crippen molar-refractivity contribution in [3.05, 3.63) is 58.2 Å². The number of ether oxygens (including phenoxy) is 1. The zero-order valence-electron chi connectivity index (χ0n) is 12.3. The third kappa shape index (κ3) is 3.97. The summed E-state index contributed by atoms with van der Waals surface area (Å²) in [5.41, 5.74) is 2.60. The standard InChI is InChI=1S/C17H22BrNO/c1-13(2)19(12-14-5-4-6-15(18)11-14)16-7-9-17(20-3)10-8-16/h4-9,11,13,17H,10,12H2,1-3H3. The molecule has 20 heavy (non-hydrogen) atoms. The molecule has 2 nitrogen and oxygen atoms in total. The fourth-order valence-corrected chi connectivity index (χ4v) is 2.83. The van der Waals surface area contributed by atoms with Gasteiger partial charge in [-0.05, 0) is 44.0 Å². The van der Waals surface area contributed by atoms with Crippen LogP contribution >= 0.6 is 15.9 Å². The third-order valence-corrected chi connectivity index (χ3v) is 4.03. The molecular formula is C17H22BrNO. The summed E-state index contributed by atoms with van der Waals surface area (Å²) in [5, 5.41) is 0. The van der Waals surface area contributed by atoms with Crippen molar-refractivity contribution in [3.63, 3.8) is 0 Å². The second kappa shape index (κ2) is 7.09. The van der Waals surface area contributed by atoms with E-state index < -0.39 is 0 Å². The lowest BCUT2D eigenvalue weighted by Gasteiger charge is -2.32. The molecule has 0 saturated carbocycles. The van der Waals surface area contributed by atoms with Crippen LogP contribution < -0.4 is 0 Å². The highest BCUT2D eigenvalue weighted by Gasteiger charge is 2.16. The first-order chi connectivity index (χ1) is 9.60. The van der Waals surface area contributed by atoms with Gasteiger partial charge in [0.1, 0.15) is 0 Å². The summed E-state index contributed by atoms with van der Waals surface area (Å²) in [4.78, 5) is 2.42. The smallest absolute Gasteiger partial charge is 0.0791 e. The molecule has 1 unspecified atom stereocenters. The van der Waals surface area contributed by atoms with Crippen LogP contribution in [0.4, 0.5) is 0 Å². The molecule has 1 aliphatic carbocycles. The number of hydrogen-bond acceptors (Lipinski definition) is 2. The molecule has 0 aromatic heterocycles. The molecular weight excluding hydrogens is 314 g/mol. The predicted molar refractivity (Wildman–Crippen MR) is 87.5 cm³/mol. The molecule has 3 heteroatoms. The Hall–Kier alpha value is -1.06. The average molecular weight is 336 g/mol. The van der Waals surface area contributed by atoms with Gasteiger partial charge < -0.3 is 9.64 Å². The van der Waals surface area contributed by atoms with Crippen LogP contribution in [0, 0.1) is 0 Å². The summed E-state index contributed by atoms with van der Waals surface area (Å²) in [7, 11) is 1.76. The van der Waals surface area contributed by atoms with E-state index in [2.05, 4.69) is 77.2 Å². The fraction of sp³-hybridized carbons (Fsp3) is 0.412. The van der Waals surface area contributed by atoms with E-state index in [4.69, 9.17) is 4.74 Å². The van der Waals surface area contributed by atoms with E-state index in [1.165, 1.54) is 11.3 Å². The Morgan fingerprint density at radius 2 is 2.20 bits per heavy atom. The average Bonchev–Trinajstić information content (AvgIpc) is 2.45. The van der Waals surface area contributed by atoms with Gasteiger partial charge in [0.2, 0.25) is 0 Å². The van der Waals surface area contributed by atoms with Gasteiger partial charge in [0.05, 0.1) is 6.10 Å². The normalized spacial score (nSPS) is 18.2. The predicted octanol–water partition coefficient (Wildman–Crippen LogP) is 4.52. The third-order valence-electron chi connectivity index (χ3n) is 3.54. The lowest BCUT2D eigenvalue weighted by atomic mass is 10.1. The first kappa shape index (κ1) is 15.3. The largest absolute Gasteiger partial charge is 0.377 e. The van der Waals surface area contributed by atoms with Crippen molar-refractivity contribution in [1.29, 1.82) is 0 Å². The Morgan fingerprint density at radius 3 is 2.75 bits per heavy atom. The van der Waals surface area contributed by atoms with Gasteiger partial charge in [0, 0.05) is 29.9 Å². The number of benzene rings is 1. The number of rotatable bonds is 5. The first-order valence-corrected chi connectivity index (χ1v) is 7.81. The monoisotopic (exact) mass is 335 g/mol. The highest BCUT2D eigenvalue weighted by molar-refractivity contribution is 9.10.